The second kappa shape index (κ2) is 11.0. The normalized spacial score (nSPS) is 15.8. The number of para-hydroxylation sites is 1. The van der Waals surface area contributed by atoms with E-state index in [1.54, 1.807) is 11.8 Å². The van der Waals surface area contributed by atoms with Crippen molar-refractivity contribution in [3.63, 3.8) is 0 Å². The smallest absolute Gasteiger partial charge is 0.251 e. The summed E-state index contributed by atoms with van der Waals surface area (Å²) in [5.74, 6) is 1.32. The van der Waals surface area contributed by atoms with E-state index >= 15 is 0 Å². The van der Waals surface area contributed by atoms with Crippen molar-refractivity contribution in [2.45, 2.75) is 38.1 Å². The highest BCUT2D eigenvalue weighted by Crippen LogP contribution is 2.39. The Bertz CT molecular complexity index is 1160. The Morgan fingerprint density at radius 1 is 1.00 bits per heavy atom. The molecule has 5 nitrogen and oxygen atoms in total. The van der Waals surface area contributed by atoms with Crippen LogP contribution in [0.3, 0.4) is 0 Å². The summed E-state index contributed by atoms with van der Waals surface area (Å²) in [5.41, 5.74) is 3.85. The fraction of sp³-hybridized carbons (Fsp3) is 0.310. The minimum Gasteiger partial charge on any atom is -0.491 e. The first kappa shape index (κ1) is 24.9. The average Bonchev–Trinajstić information content (AvgIpc) is 3.22. The van der Waals surface area contributed by atoms with Crippen LogP contribution in [0.15, 0.2) is 78.9 Å². The van der Waals surface area contributed by atoms with Crippen LogP contribution in [-0.4, -0.2) is 35.6 Å². The molecule has 3 aromatic carbocycles. The van der Waals surface area contributed by atoms with Gasteiger partial charge in [-0.25, -0.2) is 0 Å². The van der Waals surface area contributed by atoms with E-state index in [9.17, 15) is 9.59 Å². The first-order valence-corrected chi connectivity index (χ1v) is 12.9. The van der Waals surface area contributed by atoms with Gasteiger partial charge in [0.05, 0.1) is 12.3 Å². The van der Waals surface area contributed by atoms with Crippen molar-refractivity contribution < 1.29 is 14.3 Å². The van der Waals surface area contributed by atoms with Gasteiger partial charge in [0, 0.05) is 12.1 Å². The van der Waals surface area contributed by atoms with Crippen LogP contribution < -0.4 is 10.1 Å². The Morgan fingerprint density at radius 2 is 1.69 bits per heavy atom. The van der Waals surface area contributed by atoms with Crippen molar-refractivity contribution in [2.75, 3.05) is 18.9 Å². The highest BCUT2D eigenvalue weighted by atomic mass is 32.2. The van der Waals surface area contributed by atoms with E-state index in [0.29, 0.717) is 31.0 Å². The van der Waals surface area contributed by atoms with Crippen molar-refractivity contribution in [3.8, 4) is 5.75 Å². The summed E-state index contributed by atoms with van der Waals surface area (Å²) < 4.78 is 5.95. The number of amides is 2. The molecule has 1 saturated heterocycles. The van der Waals surface area contributed by atoms with E-state index < -0.39 is 0 Å². The monoisotopic (exact) mass is 488 g/mol. The molecule has 0 aliphatic carbocycles. The van der Waals surface area contributed by atoms with E-state index in [1.165, 1.54) is 0 Å². The Morgan fingerprint density at radius 3 is 2.40 bits per heavy atom. The molecule has 1 heterocycles. The molecule has 1 atom stereocenters. The summed E-state index contributed by atoms with van der Waals surface area (Å²) in [6, 6.07) is 25.6. The van der Waals surface area contributed by atoms with Crippen LogP contribution in [0, 0.1) is 0 Å². The van der Waals surface area contributed by atoms with Gasteiger partial charge in [-0.3, -0.25) is 9.59 Å². The lowest BCUT2D eigenvalue weighted by molar-refractivity contribution is -0.128. The van der Waals surface area contributed by atoms with Gasteiger partial charge >= 0.3 is 0 Å². The highest BCUT2D eigenvalue weighted by Gasteiger charge is 2.32. The third-order valence-electron chi connectivity index (χ3n) is 5.96. The van der Waals surface area contributed by atoms with E-state index in [2.05, 4.69) is 32.2 Å². The van der Waals surface area contributed by atoms with Crippen LogP contribution in [-0.2, 0) is 16.8 Å². The quantitative estimate of drug-likeness (QED) is 0.421. The zero-order valence-corrected chi connectivity index (χ0v) is 21.3. The van der Waals surface area contributed by atoms with Crippen molar-refractivity contribution in [1.82, 2.24) is 10.2 Å². The van der Waals surface area contributed by atoms with E-state index in [-0.39, 0.29) is 22.6 Å². The summed E-state index contributed by atoms with van der Waals surface area (Å²) in [5, 5.41) is 2.89. The average molecular weight is 489 g/mol. The van der Waals surface area contributed by atoms with Crippen LogP contribution in [0.1, 0.15) is 53.2 Å². The van der Waals surface area contributed by atoms with Crippen molar-refractivity contribution >= 4 is 23.6 Å². The second-order valence-corrected chi connectivity index (χ2v) is 10.7. The van der Waals surface area contributed by atoms with Gasteiger partial charge in [-0.15, -0.1) is 11.8 Å². The number of carbonyl (C=O) groups is 2. The molecule has 1 N–H and O–H groups in total. The minimum absolute atomic E-state index is 0.0134. The molecule has 4 rings (SSSR count). The number of thioether (sulfide) groups is 1. The van der Waals surface area contributed by atoms with Gasteiger partial charge in [0.25, 0.3) is 5.91 Å². The molecule has 0 bridgehead atoms. The van der Waals surface area contributed by atoms with E-state index in [4.69, 9.17) is 4.74 Å². The Kier molecular flexibility index (Phi) is 7.81. The molecule has 0 radical (unpaired) electrons. The number of nitrogens with zero attached hydrogens (tertiary/aromatic N) is 1. The first-order valence-electron chi connectivity index (χ1n) is 11.9. The molecule has 1 fully saturated rings. The van der Waals surface area contributed by atoms with E-state index in [1.807, 2.05) is 77.7 Å². The van der Waals surface area contributed by atoms with Crippen molar-refractivity contribution in [2.24, 2.45) is 0 Å². The number of rotatable bonds is 8. The lowest BCUT2D eigenvalue weighted by Crippen LogP contribution is -2.29. The fourth-order valence-corrected chi connectivity index (χ4v) is 5.31. The zero-order chi connectivity index (χ0) is 24.8. The predicted molar refractivity (Wildman–Crippen MR) is 142 cm³/mol. The molecular weight excluding hydrogens is 456 g/mol. The van der Waals surface area contributed by atoms with Crippen LogP contribution in [0.2, 0.25) is 0 Å². The molecule has 0 spiro atoms. The number of benzene rings is 3. The van der Waals surface area contributed by atoms with Gasteiger partial charge in [-0.05, 0) is 40.3 Å². The van der Waals surface area contributed by atoms with Gasteiger partial charge in [0.1, 0.15) is 17.7 Å². The SMILES string of the molecule is CC(C)(C)c1ccccc1OCCNC(=O)c1ccc(C2SCC(=O)N2Cc2ccccc2)cc1. The van der Waals surface area contributed by atoms with Crippen LogP contribution in [0.25, 0.3) is 0 Å². The summed E-state index contributed by atoms with van der Waals surface area (Å²) in [6.45, 7) is 7.85. The third-order valence-corrected chi connectivity index (χ3v) is 7.22. The molecule has 6 heteroatoms. The van der Waals surface area contributed by atoms with Gasteiger partial charge in [-0.1, -0.05) is 81.4 Å². The van der Waals surface area contributed by atoms with Gasteiger partial charge in [0.2, 0.25) is 5.91 Å². The Labute approximate surface area is 211 Å². The Hall–Kier alpha value is -3.25. The number of hydrogen-bond donors (Lipinski definition) is 1. The topological polar surface area (TPSA) is 58.6 Å². The fourth-order valence-electron chi connectivity index (χ4n) is 4.12. The minimum atomic E-state index is -0.138. The summed E-state index contributed by atoms with van der Waals surface area (Å²) in [4.78, 5) is 27.0. The molecule has 0 saturated carbocycles. The lowest BCUT2D eigenvalue weighted by Gasteiger charge is -2.24. The molecule has 2 amide bonds. The highest BCUT2D eigenvalue weighted by molar-refractivity contribution is 8.00. The van der Waals surface area contributed by atoms with Gasteiger partial charge < -0.3 is 15.0 Å². The number of carbonyl (C=O) groups excluding carboxylic acids is 2. The van der Waals surface area contributed by atoms with Crippen molar-refractivity contribution in [1.29, 1.82) is 0 Å². The maximum atomic E-state index is 12.6. The van der Waals surface area contributed by atoms with Crippen LogP contribution in [0.5, 0.6) is 5.75 Å². The molecule has 1 unspecified atom stereocenters. The maximum absolute atomic E-state index is 12.6. The second-order valence-electron chi connectivity index (χ2n) is 9.64. The summed E-state index contributed by atoms with van der Waals surface area (Å²) >= 11 is 1.62. The van der Waals surface area contributed by atoms with Crippen LogP contribution >= 0.6 is 11.8 Å². The molecule has 35 heavy (non-hydrogen) atoms. The number of hydrogen-bond acceptors (Lipinski definition) is 4. The lowest BCUT2D eigenvalue weighted by atomic mass is 9.86. The number of ether oxygens (including phenoxy) is 1. The van der Waals surface area contributed by atoms with Gasteiger partial charge in [0.15, 0.2) is 0 Å². The van der Waals surface area contributed by atoms with E-state index in [0.717, 1.165) is 22.4 Å². The standard InChI is InChI=1S/C29H32N2O3S/c1-29(2,3)24-11-7-8-12-25(24)34-18-17-30-27(33)22-13-15-23(16-14-22)28-31(26(32)20-35-28)19-21-9-5-4-6-10-21/h4-16,28H,17-20H2,1-3H3,(H,30,33). The summed E-state index contributed by atoms with van der Waals surface area (Å²) in [7, 11) is 0. The largest absolute Gasteiger partial charge is 0.491 e. The molecular formula is C29H32N2O3S. The predicted octanol–water partition coefficient (Wildman–Crippen LogP) is 5.57. The maximum Gasteiger partial charge on any atom is 0.251 e. The molecule has 182 valence electrons. The zero-order valence-electron chi connectivity index (χ0n) is 20.5. The molecule has 3 aromatic rings. The molecule has 1 aliphatic rings. The first-order chi connectivity index (χ1) is 16.8. The third kappa shape index (κ3) is 6.25. The number of nitrogens with one attached hydrogen (secondary N) is 1. The summed E-state index contributed by atoms with van der Waals surface area (Å²) in [6.07, 6.45) is 0. The van der Waals surface area contributed by atoms with Crippen molar-refractivity contribution in [3.05, 3.63) is 101 Å². The molecule has 1 aliphatic heterocycles. The Balaban J connectivity index is 1.32. The molecule has 0 aromatic heterocycles. The van der Waals surface area contributed by atoms with Gasteiger partial charge in [-0.2, -0.15) is 0 Å². The van der Waals surface area contributed by atoms with Crippen LogP contribution in [0.4, 0.5) is 0 Å².